The fourth-order valence-corrected chi connectivity index (χ4v) is 1.99. The van der Waals surface area contributed by atoms with Gasteiger partial charge in [-0.3, -0.25) is 0 Å². The van der Waals surface area contributed by atoms with Gasteiger partial charge in [0.2, 0.25) is 0 Å². The maximum atomic E-state index is 11.9. The number of hydrogen-bond acceptors (Lipinski definition) is 3. The van der Waals surface area contributed by atoms with Crippen LogP contribution in [0, 0.1) is 0 Å². The van der Waals surface area contributed by atoms with Crippen molar-refractivity contribution in [2.45, 2.75) is 45.7 Å². The predicted octanol–water partition coefficient (Wildman–Crippen LogP) is 2.44. The van der Waals surface area contributed by atoms with E-state index in [1.165, 1.54) is 0 Å². The van der Waals surface area contributed by atoms with Gasteiger partial charge in [-0.05, 0) is 44.4 Å². The molecule has 1 atom stereocenters. The fraction of sp³-hybridized carbons (Fsp3) is 0.562. The van der Waals surface area contributed by atoms with Gasteiger partial charge in [0.25, 0.3) is 0 Å². The van der Waals surface area contributed by atoms with Crippen LogP contribution in [0.25, 0.3) is 0 Å². The number of aliphatic hydroxyl groups excluding tert-OH is 1. The summed E-state index contributed by atoms with van der Waals surface area (Å²) in [6.45, 7) is 6.96. The van der Waals surface area contributed by atoms with Crippen molar-refractivity contribution in [2.75, 3.05) is 13.2 Å². The molecule has 0 heterocycles. The van der Waals surface area contributed by atoms with Crippen molar-refractivity contribution >= 4 is 6.03 Å². The van der Waals surface area contributed by atoms with Crippen LogP contribution in [0.15, 0.2) is 24.3 Å². The molecule has 0 aliphatic carbocycles. The largest absolute Gasteiger partial charge is 0.494 e. The molecule has 5 heteroatoms. The number of carbonyl (C=O) groups excluding carboxylic acids is 1. The molecular weight excluding hydrogens is 268 g/mol. The third-order valence-electron chi connectivity index (χ3n) is 3.52. The number of benzene rings is 1. The Labute approximate surface area is 126 Å². The van der Waals surface area contributed by atoms with Gasteiger partial charge in [-0.1, -0.05) is 19.1 Å². The van der Waals surface area contributed by atoms with Crippen LogP contribution in [0.4, 0.5) is 4.79 Å². The fourth-order valence-electron chi connectivity index (χ4n) is 1.99. The van der Waals surface area contributed by atoms with E-state index in [2.05, 4.69) is 10.6 Å². The molecule has 21 heavy (non-hydrogen) atoms. The normalized spacial score (nSPS) is 13.3. The van der Waals surface area contributed by atoms with E-state index >= 15 is 0 Å². The van der Waals surface area contributed by atoms with Crippen molar-refractivity contribution in [2.24, 2.45) is 0 Å². The van der Waals surface area contributed by atoms with E-state index in [9.17, 15) is 4.79 Å². The number of aliphatic hydroxyl groups is 1. The van der Waals surface area contributed by atoms with E-state index in [1.54, 1.807) is 0 Å². The standard InChI is InChI=1S/C16H26N2O3/c1-4-16(3,9-10-19)18-15(20)17-12-13-7-6-8-14(11-13)21-5-2/h6-8,11,19H,4-5,9-10,12H2,1-3H3,(H2,17,18,20). The van der Waals surface area contributed by atoms with E-state index in [0.29, 0.717) is 19.6 Å². The molecular formula is C16H26N2O3. The summed E-state index contributed by atoms with van der Waals surface area (Å²) in [5.41, 5.74) is 0.600. The molecule has 5 nitrogen and oxygen atoms in total. The van der Waals surface area contributed by atoms with Gasteiger partial charge in [0, 0.05) is 18.7 Å². The highest BCUT2D eigenvalue weighted by atomic mass is 16.5. The molecule has 0 saturated heterocycles. The summed E-state index contributed by atoms with van der Waals surface area (Å²) >= 11 is 0. The Hall–Kier alpha value is -1.75. The molecule has 1 rings (SSSR count). The molecule has 0 bridgehead atoms. The molecule has 1 aromatic carbocycles. The SMILES string of the molecule is CCOc1cccc(CNC(=O)NC(C)(CC)CCO)c1. The van der Waals surface area contributed by atoms with Gasteiger partial charge >= 0.3 is 6.03 Å². The molecule has 0 aromatic heterocycles. The molecule has 0 fully saturated rings. The molecule has 0 spiro atoms. The number of nitrogens with one attached hydrogen (secondary N) is 2. The quantitative estimate of drug-likeness (QED) is 0.689. The zero-order valence-corrected chi connectivity index (χ0v) is 13.1. The second-order valence-electron chi connectivity index (χ2n) is 5.28. The van der Waals surface area contributed by atoms with Crippen LogP contribution in [-0.4, -0.2) is 29.9 Å². The van der Waals surface area contributed by atoms with Crippen LogP contribution < -0.4 is 15.4 Å². The summed E-state index contributed by atoms with van der Waals surface area (Å²) in [6, 6.07) is 7.42. The van der Waals surface area contributed by atoms with E-state index in [4.69, 9.17) is 9.84 Å². The average molecular weight is 294 g/mol. The van der Waals surface area contributed by atoms with Gasteiger partial charge in [0.05, 0.1) is 6.61 Å². The Morgan fingerprint density at radius 1 is 1.38 bits per heavy atom. The van der Waals surface area contributed by atoms with Gasteiger partial charge in [0.1, 0.15) is 5.75 Å². The van der Waals surface area contributed by atoms with Gasteiger partial charge in [-0.15, -0.1) is 0 Å². The van der Waals surface area contributed by atoms with E-state index < -0.39 is 0 Å². The average Bonchev–Trinajstić information content (AvgIpc) is 2.46. The first-order valence-electron chi connectivity index (χ1n) is 7.41. The van der Waals surface area contributed by atoms with Crippen molar-refractivity contribution in [1.29, 1.82) is 0 Å². The summed E-state index contributed by atoms with van der Waals surface area (Å²) < 4.78 is 5.43. The lowest BCUT2D eigenvalue weighted by Gasteiger charge is -2.29. The predicted molar refractivity (Wildman–Crippen MR) is 83.4 cm³/mol. The molecule has 0 radical (unpaired) electrons. The zero-order chi connectivity index (χ0) is 15.7. The Morgan fingerprint density at radius 2 is 2.14 bits per heavy atom. The van der Waals surface area contributed by atoms with Crippen LogP contribution in [0.5, 0.6) is 5.75 Å². The van der Waals surface area contributed by atoms with Gasteiger partial charge < -0.3 is 20.5 Å². The lowest BCUT2D eigenvalue weighted by atomic mass is 9.95. The lowest BCUT2D eigenvalue weighted by Crippen LogP contribution is -2.50. The zero-order valence-electron chi connectivity index (χ0n) is 13.1. The topological polar surface area (TPSA) is 70.6 Å². The Bertz CT molecular complexity index is 451. The lowest BCUT2D eigenvalue weighted by molar-refractivity contribution is 0.200. The van der Waals surface area contributed by atoms with Crippen LogP contribution in [0.3, 0.4) is 0 Å². The van der Waals surface area contributed by atoms with Crippen LogP contribution in [-0.2, 0) is 6.54 Å². The van der Waals surface area contributed by atoms with Gasteiger partial charge in [-0.2, -0.15) is 0 Å². The maximum absolute atomic E-state index is 11.9. The molecule has 2 amide bonds. The summed E-state index contributed by atoms with van der Waals surface area (Å²) in [7, 11) is 0. The highest BCUT2D eigenvalue weighted by molar-refractivity contribution is 5.74. The molecule has 118 valence electrons. The van der Waals surface area contributed by atoms with Gasteiger partial charge in [0.15, 0.2) is 0 Å². The number of rotatable bonds is 8. The molecule has 1 unspecified atom stereocenters. The summed E-state index contributed by atoms with van der Waals surface area (Å²) in [5.74, 6) is 0.802. The minimum Gasteiger partial charge on any atom is -0.494 e. The Kier molecular flexibility index (Phi) is 7.02. The summed E-state index contributed by atoms with van der Waals surface area (Å²) in [4.78, 5) is 11.9. The number of hydrogen-bond donors (Lipinski definition) is 3. The van der Waals surface area contributed by atoms with Crippen LogP contribution >= 0.6 is 0 Å². The van der Waals surface area contributed by atoms with E-state index in [0.717, 1.165) is 17.7 Å². The van der Waals surface area contributed by atoms with Crippen LogP contribution in [0.1, 0.15) is 39.2 Å². The molecule has 0 aliphatic heterocycles. The van der Waals surface area contributed by atoms with Crippen molar-refractivity contribution in [3.05, 3.63) is 29.8 Å². The first-order chi connectivity index (χ1) is 10.0. The van der Waals surface area contributed by atoms with Gasteiger partial charge in [-0.25, -0.2) is 4.79 Å². The number of ether oxygens (including phenoxy) is 1. The first-order valence-corrected chi connectivity index (χ1v) is 7.41. The van der Waals surface area contributed by atoms with Crippen molar-refractivity contribution < 1.29 is 14.6 Å². The minimum atomic E-state index is -0.383. The van der Waals surface area contributed by atoms with E-state index in [-0.39, 0.29) is 18.2 Å². The third kappa shape index (κ3) is 6.04. The molecule has 0 saturated carbocycles. The second kappa shape index (κ2) is 8.52. The smallest absolute Gasteiger partial charge is 0.315 e. The number of amides is 2. The monoisotopic (exact) mass is 294 g/mol. The Balaban J connectivity index is 2.50. The Morgan fingerprint density at radius 3 is 2.76 bits per heavy atom. The second-order valence-corrected chi connectivity index (χ2v) is 5.28. The minimum absolute atomic E-state index is 0.0566. The molecule has 1 aromatic rings. The summed E-state index contributed by atoms with van der Waals surface area (Å²) in [6.07, 6.45) is 1.30. The van der Waals surface area contributed by atoms with Crippen molar-refractivity contribution in [3.63, 3.8) is 0 Å². The third-order valence-corrected chi connectivity index (χ3v) is 3.52. The number of urea groups is 1. The highest BCUT2D eigenvalue weighted by Gasteiger charge is 2.23. The molecule has 3 N–H and O–H groups in total. The van der Waals surface area contributed by atoms with Crippen molar-refractivity contribution in [3.8, 4) is 5.75 Å². The molecule has 0 aliphatic rings. The number of carbonyl (C=O) groups is 1. The highest BCUT2D eigenvalue weighted by Crippen LogP contribution is 2.14. The maximum Gasteiger partial charge on any atom is 0.315 e. The van der Waals surface area contributed by atoms with E-state index in [1.807, 2.05) is 45.0 Å². The van der Waals surface area contributed by atoms with Crippen LogP contribution in [0.2, 0.25) is 0 Å². The van der Waals surface area contributed by atoms with Crippen molar-refractivity contribution in [1.82, 2.24) is 10.6 Å². The summed E-state index contributed by atoms with van der Waals surface area (Å²) in [5, 5.41) is 14.8. The first kappa shape index (κ1) is 17.3.